The van der Waals surface area contributed by atoms with Crippen LogP contribution in [0.4, 0.5) is 0 Å². The van der Waals surface area contributed by atoms with Crippen LogP contribution in [-0.2, 0) is 4.79 Å². The third-order valence-corrected chi connectivity index (χ3v) is 3.27. The third kappa shape index (κ3) is 2.54. The summed E-state index contributed by atoms with van der Waals surface area (Å²) in [6, 6.07) is -0.673. The van der Waals surface area contributed by atoms with Gasteiger partial charge in [-0.3, -0.25) is 9.69 Å². The fourth-order valence-corrected chi connectivity index (χ4v) is 2.55. The minimum atomic E-state index is -1.36. The van der Waals surface area contributed by atoms with Crippen molar-refractivity contribution in [2.24, 2.45) is 5.41 Å². The molecule has 1 aliphatic rings. The number of aliphatic hydroxyl groups is 1. The molecule has 0 radical (unpaired) electrons. The van der Waals surface area contributed by atoms with Gasteiger partial charge in [0.1, 0.15) is 6.04 Å². The molecule has 0 aromatic heterocycles. The van der Waals surface area contributed by atoms with Crippen molar-refractivity contribution in [2.75, 3.05) is 20.2 Å². The van der Waals surface area contributed by atoms with E-state index in [9.17, 15) is 9.90 Å². The Labute approximate surface area is 94.6 Å². The van der Waals surface area contributed by atoms with E-state index in [1.165, 1.54) is 0 Å². The number of aliphatic hydroxyl groups excluding tert-OH is 1. The summed E-state index contributed by atoms with van der Waals surface area (Å²) < 4.78 is 0. The SMILES string of the molecule is CN1C[C@@](CO)(CCCB(O)O)[C@H]1C(=O)O. The third-order valence-electron chi connectivity index (χ3n) is 3.27. The van der Waals surface area contributed by atoms with Gasteiger partial charge in [0.2, 0.25) is 0 Å². The molecular weight excluding hydrogens is 213 g/mol. The molecule has 1 saturated heterocycles. The van der Waals surface area contributed by atoms with E-state index in [1.54, 1.807) is 11.9 Å². The maximum Gasteiger partial charge on any atom is 0.451 e. The summed E-state index contributed by atoms with van der Waals surface area (Å²) in [4.78, 5) is 12.7. The second-order valence-electron chi connectivity index (χ2n) is 4.55. The molecule has 1 heterocycles. The minimum Gasteiger partial charge on any atom is -0.480 e. The molecule has 92 valence electrons. The van der Waals surface area contributed by atoms with Gasteiger partial charge >= 0.3 is 13.1 Å². The number of likely N-dealkylation sites (N-methyl/N-ethyl adjacent to an activating group) is 1. The summed E-state index contributed by atoms with van der Waals surface area (Å²) >= 11 is 0. The van der Waals surface area contributed by atoms with Crippen LogP contribution < -0.4 is 0 Å². The lowest BCUT2D eigenvalue weighted by molar-refractivity contribution is -0.168. The summed E-state index contributed by atoms with van der Waals surface area (Å²) in [5.74, 6) is -0.938. The second kappa shape index (κ2) is 5.14. The van der Waals surface area contributed by atoms with Crippen LogP contribution in [-0.4, -0.2) is 64.5 Å². The molecule has 0 amide bonds. The van der Waals surface area contributed by atoms with Crippen molar-refractivity contribution in [1.82, 2.24) is 4.90 Å². The first-order valence-corrected chi connectivity index (χ1v) is 5.33. The first kappa shape index (κ1) is 13.4. The predicted molar refractivity (Wildman–Crippen MR) is 57.8 cm³/mol. The van der Waals surface area contributed by atoms with Crippen LogP contribution in [0.25, 0.3) is 0 Å². The lowest BCUT2D eigenvalue weighted by atomic mass is 9.67. The molecule has 4 N–H and O–H groups in total. The number of hydrogen-bond donors (Lipinski definition) is 4. The molecule has 0 aromatic carbocycles. The Morgan fingerprint density at radius 3 is 2.56 bits per heavy atom. The first-order valence-electron chi connectivity index (χ1n) is 5.33. The molecule has 0 aliphatic carbocycles. The Morgan fingerprint density at radius 2 is 2.19 bits per heavy atom. The topological polar surface area (TPSA) is 101 Å². The number of nitrogens with zero attached hydrogens (tertiary/aromatic N) is 1. The average Bonchev–Trinajstić information content (AvgIpc) is 2.13. The maximum atomic E-state index is 11.0. The summed E-state index contributed by atoms with van der Waals surface area (Å²) in [6.45, 7) is 0.345. The number of carboxylic acid groups (broad SMARTS) is 1. The molecule has 6 nitrogen and oxygen atoms in total. The Hall–Kier alpha value is -0.625. The lowest BCUT2D eigenvalue weighted by Crippen LogP contribution is -2.67. The lowest BCUT2D eigenvalue weighted by Gasteiger charge is -2.53. The van der Waals surface area contributed by atoms with Crippen LogP contribution in [0.2, 0.25) is 6.32 Å². The summed E-state index contributed by atoms with van der Waals surface area (Å²) in [5.41, 5.74) is -0.629. The highest BCUT2D eigenvalue weighted by Gasteiger charge is 2.54. The van der Waals surface area contributed by atoms with Gasteiger partial charge in [0, 0.05) is 12.0 Å². The minimum absolute atomic E-state index is 0.185. The van der Waals surface area contributed by atoms with E-state index in [4.69, 9.17) is 15.2 Å². The molecule has 0 bridgehead atoms. The molecule has 2 atom stereocenters. The van der Waals surface area contributed by atoms with Crippen molar-refractivity contribution in [1.29, 1.82) is 0 Å². The molecule has 1 fully saturated rings. The molecule has 1 aliphatic heterocycles. The Balaban J connectivity index is 2.54. The van der Waals surface area contributed by atoms with Gasteiger partial charge in [-0.15, -0.1) is 0 Å². The number of aliphatic carboxylic acids is 1. The van der Waals surface area contributed by atoms with Gasteiger partial charge in [-0.1, -0.05) is 6.42 Å². The fourth-order valence-electron chi connectivity index (χ4n) is 2.55. The van der Waals surface area contributed by atoms with Crippen molar-refractivity contribution < 1.29 is 25.1 Å². The molecule has 0 spiro atoms. The molecular formula is C9H18BNO5. The van der Waals surface area contributed by atoms with E-state index in [1.807, 2.05) is 0 Å². The van der Waals surface area contributed by atoms with Gasteiger partial charge in [-0.25, -0.2) is 0 Å². The second-order valence-corrected chi connectivity index (χ2v) is 4.55. The van der Waals surface area contributed by atoms with E-state index < -0.39 is 24.5 Å². The Morgan fingerprint density at radius 1 is 1.56 bits per heavy atom. The quantitative estimate of drug-likeness (QED) is 0.420. The molecule has 1 rings (SSSR count). The molecule has 0 saturated carbocycles. The van der Waals surface area contributed by atoms with Crippen LogP contribution >= 0.6 is 0 Å². The van der Waals surface area contributed by atoms with Gasteiger partial charge < -0.3 is 20.3 Å². The number of hydrogen-bond acceptors (Lipinski definition) is 5. The van der Waals surface area contributed by atoms with Gasteiger partial charge in [0.15, 0.2) is 0 Å². The number of likely N-dealkylation sites (tertiary alicyclic amines) is 1. The molecule has 0 aromatic rings. The smallest absolute Gasteiger partial charge is 0.451 e. The summed E-state index contributed by atoms with van der Waals surface area (Å²) in [6.07, 6.45) is 1.19. The standard InChI is InChI=1S/C9H18BNO5/c1-11-5-9(6-12,7(11)8(13)14)3-2-4-10(15)16/h7,12,15-16H,2-6H2,1H3,(H,13,14)/t7-,9-/m1/s1. The number of carboxylic acids is 1. The zero-order valence-electron chi connectivity index (χ0n) is 9.33. The first-order chi connectivity index (χ1) is 7.43. The molecule has 7 heteroatoms. The van der Waals surface area contributed by atoms with Crippen LogP contribution in [0.3, 0.4) is 0 Å². The van der Waals surface area contributed by atoms with Gasteiger partial charge in [-0.2, -0.15) is 0 Å². The normalized spacial score (nSPS) is 29.9. The average molecular weight is 231 g/mol. The van der Waals surface area contributed by atoms with Crippen LogP contribution in [0.5, 0.6) is 0 Å². The Bertz CT molecular complexity index is 262. The molecule has 0 unspecified atom stereocenters. The van der Waals surface area contributed by atoms with Crippen molar-refractivity contribution in [3.63, 3.8) is 0 Å². The van der Waals surface area contributed by atoms with Crippen molar-refractivity contribution >= 4 is 13.1 Å². The fraction of sp³-hybridized carbons (Fsp3) is 0.889. The maximum absolute atomic E-state index is 11.0. The molecule has 16 heavy (non-hydrogen) atoms. The van der Waals surface area contributed by atoms with E-state index >= 15 is 0 Å². The van der Waals surface area contributed by atoms with Gasteiger partial charge in [-0.05, 0) is 19.8 Å². The monoisotopic (exact) mass is 231 g/mol. The zero-order valence-corrected chi connectivity index (χ0v) is 9.33. The zero-order chi connectivity index (χ0) is 12.3. The van der Waals surface area contributed by atoms with Crippen molar-refractivity contribution in [2.45, 2.75) is 25.2 Å². The van der Waals surface area contributed by atoms with Gasteiger partial charge in [0.05, 0.1) is 6.61 Å². The van der Waals surface area contributed by atoms with Crippen LogP contribution in [0.1, 0.15) is 12.8 Å². The number of carbonyl (C=O) groups is 1. The summed E-state index contributed by atoms with van der Waals surface area (Å²) in [5, 5.41) is 35.8. The van der Waals surface area contributed by atoms with Crippen molar-refractivity contribution in [3.8, 4) is 0 Å². The highest BCUT2D eigenvalue weighted by Crippen LogP contribution is 2.41. The highest BCUT2D eigenvalue weighted by atomic mass is 16.4. The van der Waals surface area contributed by atoms with Crippen LogP contribution in [0, 0.1) is 5.41 Å². The highest BCUT2D eigenvalue weighted by molar-refractivity contribution is 6.40. The van der Waals surface area contributed by atoms with Crippen molar-refractivity contribution in [3.05, 3.63) is 0 Å². The largest absolute Gasteiger partial charge is 0.480 e. The Kier molecular flexibility index (Phi) is 4.31. The van der Waals surface area contributed by atoms with E-state index in [0.29, 0.717) is 19.4 Å². The van der Waals surface area contributed by atoms with E-state index in [2.05, 4.69) is 0 Å². The van der Waals surface area contributed by atoms with E-state index in [0.717, 1.165) is 0 Å². The number of rotatable bonds is 6. The van der Waals surface area contributed by atoms with E-state index in [-0.39, 0.29) is 12.9 Å². The predicted octanol–water partition coefficient (Wildman–Crippen LogP) is -1.38. The van der Waals surface area contributed by atoms with Crippen LogP contribution in [0.15, 0.2) is 0 Å². The van der Waals surface area contributed by atoms with Gasteiger partial charge in [0.25, 0.3) is 0 Å². The summed E-state index contributed by atoms with van der Waals surface area (Å²) in [7, 11) is 0.338.